The minimum atomic E-state index is 0.956. The molecule has 0 aromatic heterocycles. The highest BCUT2D eigenvalue weighted by atomic mass is 15.4. The average Bonchev–Trinajstić information content (AvgIpc) is 2.06. The molecule has 0 rings (SSSR count). The SMILES string of the molecule is CCCCCN([NH])CCCCC. The Morgan fingerprint density at radius 1 is 0.833 bits per heavy atom. The third kappa shape index (κ3) is 8.02. The van der Waals surface area contributed by atoms with Crippen LogP contribution in [0.1, 0.15) is 52.4 Å². The Hall–Kier alpha value is -0.0800. The Kier molecular flexibility index (Phi) is 8.95. The van der Waals surface area contributed by atoms with E-state index in [9.17, 15) is 0 Å². The normalized spacial score (nSPS) is 11.0. The summed E-state index contributed by atoms with van der Waals surface area (Å²) >= 11 is 0. The highest BCUT2D eigenvalue weighted by Gasteiger charge is 1.97. The summed E-state index contributed by atoms with van der Waals surface area (Å²) in [6.45, 7) is 6.31. The second-order valence-corrected chi connectivity index (χ2v) is 3.40. The monoisotopic (exact) mass is 171 g/mol. The molecule has 2 heteroatoms. The maximum absolute atomic E-state index is 7.56. The molecule has 1 N–H and O–H groups in total. The van der Waals surface area contributed by atoms with Gasteiger partial charge in [0.2, 0.25) is 0 Å². The fraction of sp³-hybridized carbons (Fsp3) is 1.00. The van der Waals surface area contributed by atoms with E-state index >= 15 is 0 Å². The van der Waals surface area contributed by atoms with E-state index < -0.39 is 0 Å². The van der Waals surface area contributed by atoms with Gasteiger partial charge in [0.15, 0.2) is 0 Å². The second-order valence-electron chi connectivity index (χ2n) is 3.40. The highest BCUT2D eigenvalue weighted by molar-refractivity contribution is 4.49. The van der Waals surface area contributed by atoms with Crippen LogP contribution in [0, 0.1) is 0 Å². The molecular formula is C10H23N2. The number of nitrogens with one attached hydrogen (secondary N) is 1. The van der Waals surface area contributed by atoms with Gasteiger partial charge in [-0.2, -0.15) is 5.84 Å². The molecule has 0 unspecified atom stereocenters. The fourth-order valence-corrected chi connectivity index (χ4v) is 1.22. The van der Waals surface area contributed by atoms with Gasteiger partial charge in [0.1, 0.15) is 0 Å². The van der Waals surface area contributed by atoms with Crippen LogP contribution in [0.3, 0.4) is 0 Å². The van der Waals surface area contributed by atoms with Crippen molar-refractivity contribution in [1.29, 1.82) is 0 Å². The van der Waals surface area contributed by atoms with Crippen LogP contribution < -0.4 is 5.84 Å². The lowest BCUT2D eigenvalue weighted by atomic mass is 10.2. The van der Waals surface area contributed by atoms with Crippen molar-refractivity contribution in [3.8, 4) is 0 Å². The smallest absolute Gasteiger partial charge is 0.0144 e. The zero-order valence-corrected chi connectivity index (χ0v) is 8.60. The molecular weight excluding hydrogens is 148 g/mol. The first-order chi connectivity index (χ1) is 5.81. The van der Waals surface area contributed by atoms with Crippen LogP contribution in [0.2, 0.25) is 0 Å². The lowest BCUT2D eigenvalue weighted by Gasteiger charge is -2.13. The van der Waals surface area contributed by atoms with Crippen LogP contribution in [0.25, 0.3) is 0 Å². The Morgan fingerprint density at radius 3 is 1.58 bits per heavy atom. The van der Waals surface area contributed by atoms with Gasteiger partial charge in [-0.1, -0.05) is 39.5 Å². The zero-order valence-electron chi connectivity index (χ0n) is 8.60. The van der Waals surface area contributed by atoms with Gasteiger partial charge >= 0.3 is 0 Å². The maximum atomic E-state index is 7.56. The summed E-state index contributed by atoms with van der Waals surface area (Å²) in [5.74, 6) is 7.56. The lowest BCUT2D eigenvalue weighted by Crippen LogP contribution is -2.23. The Balaban J connectivity index is 3.04. The molecule has 0 aliphatic heterocycles. The van der Waals surface area contributed by atoms with Gasteiger partial charge < -0.3 is 0 Å². The number of rotatable bonds is 8. The van der Waals surface area contributed by atoms with Crippen molar-refractivity contribution < 1.29 is 0 Å². The van der Waals surface area contributed by atoms with Crippen LogP contribution in [-0.4, -0.2) is 18.1 Å². The largest absolute Gasteiger partial charge is 0.230 e. The molecule has 0 aromatic carbocycles. The van der Waals surface area contributed by atoms with E-state index in [1.54, 1.807) is 5.01 Å². The molecule has 2 nitrogen and oxygen atoms in total. The Bertz CT molecular complexity index is 73.9. The van der Waals surface area contributed by atoms with Crippen molar-refractivity contribution in [2.75, 3.05) is 13.1 Å². The summed E-state index contributed by atoms with van der Waals surface area (Å²) in [6, 6.07) is 0. The molecule has 0 heterocycles. The second kappa shape index (κ2) is 9.01. The summed E-state index contributed by atoms with van der Waals surface area (Å²) in [7, 11) is 0. The number of hydrogen-bond donors (Lipinski definition) is 0. The van der Waals surface area contributed by atoms with Crippen LogP contribution in [0.4, 0.5) is 0 Å². The van der Waals surface area contributed by atoms with E-state index in [0.29, 0.717) is 0 Å². The third-order valence-corrected chi connectivity index (χ3v) is 2.06. The summed E-state index contributed by atoms with van der Waals surface area (Å²) < 4.78 is 0. The molecule has 0 amide bonds. The minimum Gasteiger partial charge on any atom is -0.230 e. The Labute approximate surface area is 77.1 Å². The van der Waals surface area contributed by atoms with Gasteiger partial charge in [0, 0.05) is 13.1 Å². The van der Waals surface area contributed by atoms with Crippen molar-refractivity contribution >= 4 is 0 Å². The van der Waals surface area contributed by atoms with Gasteiger partial charge in [-0.15, -0.1) is 0 Å². The standard InChI is InChI=1S/C10H23N2/c1-3-5-7-9-12(11)10-8-6-4-2/h11H,3-10H2,1-2H3. The predicted octanol–water partition coefficient (Wildman–Crippen LogP) is 2.87. The van der Waals surface area contributed by atoms with Crippen LogP contribution >= 0.6 is 0 Å². The van der Waals surface area contributed by atoms with Gasteiger partial charge in [0.05, 0.1) is 0 Å². The predicted molar refractivity (Wildman–Crippen MR) is 53.7 cm³/mol. The van der Waals surface area contributed by atoms with E-state index in [0.717, 1.165) is 13.1 Å². The minimum absolute atomic E-state index is 0.956. The average molecular weight is 171 g/mol. The first kappa shape index (κ1) is 11.9. The zero-order chi connectivity index (χ0) is 9.23. The first-order valence-corrected chi connectivity index (χ1v) is 5.27. The van der Waals surface area contributed by atoms with E-state index in [-0.39, 0.29) is 0 Å². The summed E-state index contributed by atoms with van der Waals surface area (Å²) in [5, 5.41) is 1.71. The molecule has 0 fully saturated rings. The van der Waals surface area contributed by atoms with Crippen LogP contribution in [0.5, 0.6) is 0 Å². The molecule has 12 heavy (non-hydrogen) atoms. The van der Waals surface area contributed by atoms with Gasteiger partial charge in [-0.25, -0.2) is 5.01 Å². The first-order valence-electron chi connectivity index (χ1n) is 5.27. The van der Waals surface area contributed by atoms with Crippen molar-refractivity contribution in [3.63, 3.8) is 0 Å². The molecule has 73 valence electrons. The van der Waals surface area contributed by atoms with Crippen LogP contribution in [0.15, 0.2) is 0 Å². The third-order valence-electron chi connectivity index (χ3n) is 2.06. The maximum Gasteiger partial charge on any atom is 0.0144 e. The van der Waals surface area contributed by atoms with E-state index in [1.165, 1.54) is 38.5 Å². The van der Waals surface area contributed by atoms with Crippen molar-refractivity contribution in [3.05, 3.63) is 0 Å². The van der Waals surface area contributed by atoms with E-state index in [1.807, 2.05) is 0 Å². The highest BCUT2D eigenvalue weighted by Crippen LogP contribution is 1.99. The molecule has 1 radical (unpaired) electrons. The Morgan fingerprint density at radius 2 is 1.25 bits per heavy atom. The molecule has 0 spiro atoms. The van der Waals surface area contributed by atoms with Crippen molar-refractivity contribution in [1.82, 2.24) is 10.9 Å². The topological polar surface area (TPSA) is 27.0 Å². The molecule has 0 aliphatic carbocycles. The molecule has 0 aliphatic rings. The number of hydrogen-bond acceptors (Lipinski definition) is 1. The van der Waals surface area contributed by atoms with Gasteiger partial charge in [0.25, 0.3) is 0 Å². The summed E-state index contributed by atoms with van der Waals surface area (Å²) in [6.07, 6.45) is 7.41. The van der Waals surface area contributed by atoms with E-state index in [4.69, 9.17) is 5.84 Å². The number of nitrogens with zero attached hydrogens (tertiary/aromatic N) is 1. The van der Waals surface area contributed by atoms with Crippen LogP contribution in [-0.2, 0) is 0 Å². The lowest BCUT2D eigenvalue weighted by molar-refractivity contribution is 0.254. The molecule has 0 saturated heterocycles. The molecule has 0 atom stereocenters. The summed E-state index contributed by atoms with van der Waals surface area (Å²) in [4.78, 5) is 0. The quantitative estimate of drug-likeness (QED) is 0.407. The molecule has 0 aromatic rings. The fourth-order valence-electron chi connectivity index (χ4n) is 1.22. The van der Waals surface area contributed by atoms with Crippen molar-refractivity contribution in [2.45, 2.75) is 52.4 Å². The molecule has 0 saturated carbocycles. The molecule has 0 bridgehead atoms. The van der Waals surface area contributed by atoms with Gasteiger partial charge in [-0.05, 0) is 12.8 Å². The van der Waals surface area contributed by atoms with Crippen molar-refractivity contribution in [2.24, 2.45) is 0 Å². The van der Waals surface area contributed by atoms with Gasteiger partial charge in [-0.3, -0.25) is 0 Å². The number of unbranched alkanes of at least 4 members (excludes halogenated alkanes) is 4. The summed E-state index contributed by atoms with van der Waals surface area (Å²) in [5.41, 5.74) is 0. The van der Waals surface area contributed by atoms with E-state index in [2.05, 4.69) is 13.8 Å².